The highest BCUT2D eigenvalue weighted by Crippen LogP contribution is 2.25. The number of nitrogens with one attached hydrogen (secondary N) is 1. The second-order valence-corrected chi connectivity index (χ2v) is 6.26. The Bertz CT molecular complexity index is 904. The Labute approximate surface area is 152 Å². The number of hydrogen-bond acceptors (Lipinski definition) is 4. The molecule has 1 amide bonds. The summed E-state index contributed by atoms with van der Waals surface area (Å²) in [4.78, 5) is 12.5. The normalized spacial score (nSPS) is 10.8. The van der Waals surface area contributed by atoms with Crippen molar-refractivity contribution in [1.29, 1.82) is 0 Å². The Morgan fingerprint density at radius 1 is 1.29 bits per heavy atom. The van der Waals surface area contributed by atoms with Gasteiger partial charge < -0.3 is 9.84 Å². The van der Waals surface area contributed by atoms with Gasteiger partial charge in [-0.15, -0.1) is 0 Å². The first-order chi connectivity index (χ1) is 11.4. The first-order valence-electron chi connectivity index (χ1n) is 6.83. The summed E-state index contributed by atoms with van der Waals surface area (Å²) in [5.41, 5.74) is 1.29. The van der Waals surface area contributed by atoms with Gasteiger partial charge in [0.1, 0.15) is 5.76 Å². The molecule has 0 radical (unpaired) electrons. The van der Waals surface area contributed by atoms with E-state index < -0.39 is 5.91 Å². The summed E-state index contributed by atoms with van der Waals surface area (Å²) < 4.78 is 6.74. The highest BCUT2D eigenvalue weighted by atomic mass is 35.5. The number of amides is 1. The average Bonchev–Trinajstić information content (AvgIpc) is 3.10. The van der Waals surface area contributed by atoms with Gasteiger partial charge in [0, 0.05) is 17.4 Å². The van der Waals surface area contributed by atoms with Crippen LogP contribution in [-0.4, -0.2) is 20.8 Å². The van der Waals surface area contributed by atoms with Crippen LogP contribution in [0.1, 0.15) is 21.8 Å². The van der Waals surface area contributed by atoms with Crippen LogP contribution in [0.15, 0.2) is 35.1 Å². The minimum atomic E-state index is -0.418. The van der Waals surface area contributed by atoms with Crippen LogP contribution < -0.4 is 5.32 Å². The molecule has 0 atom stereocenters. The highest BCUT2D eigenvalue weighted by Gasteiger charge is 2.21. The number of hydrogen-bond donors (Lipinski definition) is 1. The zero-order chi connectivity index (χ0) is 17.3. The molecule has 6 nitrogen and oxygen atoms in total. The molecule has 3 rings (SSSR count). The maximum atomic E-state index is 12.5. The maximum Gasteiger partial charge on any atom is 0.278 e. The van der Waals surface area contributed by atoms with Gasteiger partial charge >= 0.3 is 0 Å². The number of carbonyl (C=O) groups is 1. The van der Waals surface area contributed by atoms with Crippen LogP contribution in [0.4, 0.5) is 5.69 Å². The maximum absolute atomic E-state index is 12.5. The summed E-state index contributed by atoms with van der Waals surface area (Å²) in [6.07, 6.45) is 3.16. The second-order valence-electron chi connectivity index (χ2n) is 5.01. The lowest BCUT2D eigenvalue weighted by Gasteiger charge is -2.06. The zero-order valence-electron chi connectivity index (χ0n) is 12.4. The number of benzene rings is 1. The number of aryl methyl sites for hydroxylation is 1. The molecule has 0 saturated carbocycles. The lowest BCUT2D eigenvalue weighted by molar-refractivity contribution is 0.101. The molecule has 0 aliphatic carbocycles. The molecule has 0 fully saturated rings. The van der Waals surface area contributed by atoms with E-state index >= 15 is 0 Å². The van der Waals surface area contributed by atoms with E-state index in [4.69, 9.17) is 39.3 Å². The van der Waals surface area contributed by atoms with Crippen molar-refractivity contribution in [3.63, 3.8) is 0 Å². The topological polar surface area (TPSA) is 73.0 Å². The van der Waals surface area contributed by atoms with Gasteiger partial charge in [0.05, 0.1) is 27.8 Å². The van der Waals surface area contributed by atoms with E-state index in [9.17, 15) is 4.79 Å². The molecule has 0 bridgehead atoms. The van der Waals surface area contributed by atoms with E-state index in [-0.39, 0.29) is 5.69 Å². The van der Waals surface area contributed by atoms with Crippen LogP contribution in [0.2, 0.25) is 15.1 Å². The fourth-order valence-electron chi connectivity index (χ4n) is 2.11. The Morgan fingerprint density at radius 3 is 2.75 bits per heavy atom. The molecule has 124 valence electrons. The number of halogens is 3. The number of anilines is 1. The number of rotatable bonds is 4. The zero-order valence-corrected chi connectivity index (χ0v) is 14.7. The van der Waals surface area contributed by atoms with Gasteiger partial charge in [0.2, 0.25) is 0 Å². The number of carbonyl (C=O) groups excluding carboxylic acids is 1. The van der Waals surface area contributed by atoms with Crippen molar-refractivity contribution in [2.45, 2.75) is 13.5 Å². The molecule has 2 aromatic heterocycles. The molecular formula is C15H11Cl3N4O2. The summed E-state index contributed by atoms with van der Waals surface area (Å²) in [6.45, 7) is 2.04. The lowest BCUT2D eigenvalue weighted by Crippen LogP contribution is -2.16. The van der Waals surface area contributed by atoms with Crippen LogP contribution in [0.5, 0.6) is 0 Å². The standard InChI is InChI=1S/C15H11Cl3N4O2/c1-8-11(7-22-6-9(16)5-19-22)14(21-24-8)15(23)20-10-2-3-12(17)13(18)4-10/h2-6H,7H2,1H3,(H,20,23). The van der Waals surface area contributed by atoms with Crippen molar-refractivity contribution in [3.05, 3.63) is 62.7 Å². The molecule has 0 aliphatic rings. The van der Waals surface area contributed by atoms with E-state index in [2.05, 4.69) is 15.6 Å². The van der Waals surface area contributed by atoms with Crippen molar-refractivity contribution >= 4 is 46.4 Å². The summed E-state index contributed by atoms with van der Waals surface area (Å²) in [6, 6.07) is 4.80. The molecule has 1 N–H and O–H groups in total. The van der Waals surface area contributed by atoms with Crippen molar-refractivity contribution in [2.24, 2.45) is 0 Å². The van der Waals surface area contributed by atoms with Crippen LogP contribution in [0.25, 0.3) is 0 Å². The van der Waals surface area contributed by atoms with Gasteiger partial charge in [-0.05, 0) is 25.1 Å². The third kappa shape index (κ3) is 3.56. The molecular weight excluding hydrogens is 375 g/mol. The Kier molecular flexibility index (Phi) is 4.80. The van der Waals surface area contributed by atoms with Crippen molar-refractivity contribution < 1.29 is 9.32 Å². The van der Waals surface area contributed by atoms with Crippen LogP contribution in [-0.2, 0) is 6.54 Å². The third-order valence-electron chi connectivity index (χ3n) is 3.30. The molecule has 0 aliphatic heterocycles. The number of nitrogens with zero attached hydrogens (tertiary/aromatic N) is 3. The van der Waals surface area contributed by atoms with Crippen LogP contribution in [0.3, 0.4) is 0 Å². The second kappa shape index (κ2) is 6.84. The molecule has 0 saturated heterocycles. The molecule has 2 heterocycles. The van der Waals surface area contributed by atoms with E-state index in [1.54, 1.807) is 36.0 Å². The smallest absolute Gasteiger partial charge is 0.278 e. The Hall–Kier alpha value is -2.02. The Morgan fingerprint density at radius 2 is 2.08 bits per heavy atom. The molecule has 0 spiro atoms. The van der Waals surface area contributed by atoms with Gasteiger partial charge in [0.15, 0.2) is 5.69 Å². The van der Waals surface area contributed by atoms with Gasteiger partial charge in [-0.3, -0.25) is 9.48 Å². The lowest BCUT2D eigenvalue weighted by atomic mass is 10.2. The van der Waals surface area contributed by atoms with E-state index in [0.29, 0.717) is 38.6 Å². The van der Waals surface area contributed by atoms with E-state index in [0.717, 1.165) is 0 Å². The first kappa shape index (κ1) is 16.8. The predicted octanol–water partition coefficient (Wildman–Crippen LogP) is 4.44. The van der Waals surface area contributed by atoms with Gasteiger partial charge in [-0.1, -0.05) is 40.0 Å². The fourth-order valence-corrected chi connectivity index (χ4v) is 2.56. The number of aromatic nitrogens is 3. The minimum Gasteiger partial charge on any atom is -0.361 e. The van der Waals surface area contributed by atoms with E-state index in [1.165, 1.54) is 6.20 Å². The van der Waals surface area contributed by atoms with Crippen molar-refractivity contribution in [1.82, 2.24) is 14.9 Å². The largest absolute Gasteiger partial charge is 0.361 e. The molecule has 9 heteroatoms. The van der Waals surface area contributed by atoms with Crippen molar-refractivity contribution in [3.8, 4) is 0 Å². The quantitative estimate of drug-likeness (QED) is 0.720. The molecule has 3 aromatic rings. The van der Waals surface area contributed by atoms with Crippen LogP contribution in [0, 0.1) is 6.92 Å². The highest BCUT2D eigenvalue weighted by molar-refractivity contribution is 6.42. The fraction of sp³-hybridized carbons (Fsp3) is 0.133. The van der Waals surface area contributed by atoms with Crippen molar-refractivity contribution in [2.75, 3.05) is 5.32 Å². The van der Waals surface area contributed by atoms with Gasteiger partial charge in [-0.2, -0.15) is 5.10 Å². The monoisotopic (exact) mass is 384 g/mol. The Balaban J connectivity index is 1.83. The predicted molar refractivity (Wildman–Crippen MR) is 92.0 cm³/mol. The summed E-state index contributed by atoms with van der Waals surface area (Å²) >= 11 is 17.7. The van der Waals surface area contributed by atoms with Gasteiger partial charge in [0.25, 0.3) is 5.91 Å². The first-order valence-corrected chi connectivity index (χ1v) is 7.97. The summed E-state index contributed by atoms with van der Waals surface area (Å²) in [7, 11) is 0. The SMILES string of the molecule is Cc1onc(C(=O)Nc2ccc(Cl)c(Cl)c2)c1Cn1cc(Cl)cn1. The average molecular weight is 386 g/mol. The summed E-state index contributed by atoms with van der Waals surface area (Å²) in [5, 5.41) is 11.9. The van der Waals surface area contributed by atoms with E-state index in [1.807, 2.05) is 0 Å². The minimum absolute atomic E-state index is 0.171. The molecule has 0 unspecified atom stereocenters. The third-order valence-corrected chi connectivity index (χ3v) is 4.23. The molecule has 24 heavy (non-hydrogen) atoms. The van der Waals surface area contributed by atoms with Gasteiger partial charge in [-0.25, -0.2) is 0 Å². The molecule has 1 aromatic carbocycles. The van der Waals surface area contributed by atoms with Crippen LogP contribution >= 0.6 is 34.8 Å². The summed E-state index contributed by atoms with van der Waals surface area (Å²) in [5.74, 6) is 0.111.